The predicted molar refractivity (Wildman–Crippen MR) is 115 cm³/mol. The number of rotatable bonds is 6. The van der Waals surface area contributed by atoms with Gasteiger partial charge in [0, 0.05) is 16.7 Å². The van der Waals surface area contributed by atoms with E-state index in [1.54, 1.807) is 18.2 Å². The molecule has 0 unspecified atom stereocenters. The molecule has 0 saturated carbocycles. The number of hydrogen-bond acceptors (Lipinski definition) is 3. The lowest BCUT2D eigenvalue weighted by Gasteiger charge is -2.03. The highest BCUT2D eigenvalue weighted by Crippen LogP contribution is 2.32. The molecule has 0 saturated heterocycles. The first-order valence-electron chi connectivity index (χ1n) is 9.35. The van der Waals surface area contributed by atoms with Gasteiger partial charge in [-0.3, -0.25) is 0 Å². The number of carbonyl (C=O) groups is 1. The van der Waals surface area contributed by atoms with Crippen molar-refractivity contribution in [3.63, 3.8) is 0 Å². The highest BCUT2D eigenvalue weighted by molar-refractivity contribution is 5.90. The number of aromatic nitrogens is 2. The molecule has 4 rings (SSSR count). The van der Waals surface area contributed by atoms with Gasteiger partial charge in [0.05, 0.1) is 17.0 Å². The minimum atomic E-state index is -0.370. The molecule has 0 spiro atoms. The maximum Gasteiger partial charge on any atom is 0.338 e. The summed E-state index contributed by atoms with van der Waals surface area (Å²) >= 11 is 0. The summed E-state index contributed by atoms with van der Waals surface area (Å²) in [5.74, 6) is 0.375. The molecule has 4 aromatic rings. The number of hydrogen-bond donors (Lipinski definition) is 1. The third-order valence-electron chi connectivity index (χ3n) is 4.54. The second-order valence-corrected chi connectivity index (χ2v) is 6.51. The maximum atomic E-state index is 12.0. The van der Waals surface area contributed by atoms with Crippen LogP contribution in [-0.4, -0.2) is 22.5 Å². The van der Waals surface area contributed by atoms with E-state index in [4.69, 9.17) is 9.72 Å². The summed E-state index contributed by atoms with van der Waals surface area (Å²) in [6, 6.07) is 27.4. The quantitative estimate of drug-likeness (QED) is 0.342. The zero-order valence-electron chi connectivity index (χ0n) is 15.8. The molecule has 1 heterocycles. The zero-order chi connectivity index (χ0) is 20.1. The number of carbonyl (C=O) groups excluding carboxylic acids is 1. The minimum absolute atomic E-state index is 0.194. The summed E-state index contributed by atoms with van der Waals surface area (Å²) in [6.45, 7) is 3.75. The van der Waals surface area contributed by atoms with Crippen molar-refractivity contribution in [2.24, 2.45) is 0 Å². The average Bonchev–Trinajstić information content (AvgIpc) is 3.24. The average molecular weight is 380 g/mol. The Labute approximate surface area is 169 Å². The molecule has 142 valence electrons. The normalized spacial score (nSPS) is 10.5. The lowest BCUT2D eigenvalue weighted by molar-refractivity contribution is 0.0550. The second-order valence-electron chi connectivity index (χ2n) is 6.51. The van der Waals surface area contributed by atoms with Gasteiger partial charge in [-0.2, -0.15) is 0 Å². The van der Waals surface area contributed by atoms with Crippen LogP contribution < -0.4 is 0 Å². The van der Waals surface area contributed by atoms with Gasteiger partial charge in [0.25, 0.3) is 0 Å². The van der Waals surface area contributed by atoms with Gasteiger partial charge in [-0.1, -0.05) is 85.5 Å². The van der Waals surface area contributed by atoms with E-state index in [0.717, 1.165) is 33.9 Å². The van der Waals surface area contributed by atoms with Crippen molar-refractivity contribution in [3.05, 3.63) is 103 Å². The van der Waals surface area contributed by atoms with E-state index < -0.39 is 0 Å². The first kappa shape index (κ1) is 18.4. The number of nitrogens with one attached hydrogen (secondary N) is 1. The molecular formula is C25H20N2O2. The van der Waals surface area contributed by atoms with Crippen LogP contribution in [0.25, 0.3) is 33.9 Å². The minimum Gasteiger partial charge on any atom is -0.458 e. The summed E-state index contributed by atoms with van der Waals surface area (Å²) in [5, 5.41) is 0. The van der Waals surface area contributed by atoms with Crippen molar-refractivity contribution < 1.29 is 9.53 Å². The fraction of sp³-hybridized carbons (Fsp3) is 0.0400. The molecule has 1 N–H and O–H groups in total. The molecule has 0 amide bonds. The molecule has 0 bridgehead atoms. The molecule has 29 heavy (non-hydrogen) atoms. The van der Waals surface area contributed by atoms with Crippen LogP contribution in [0.4, 0.5) is 0 Å². The van der Waals surface area contributed by atoms with Crippen molar-refractivity contribution in [1.29, 1.82) is 0 Å². The Morgan fingerprint density at radius 3 is 2.10 bits per heavy atom. The highest BCUT2D eigenvalue weighted by atomic mass is 16.5. The van der Waals surface area contributed by atoms with E-state index in [1.165, 1.54) is 0 Å². The van der Waals surface area contributed by atoms with Crippen molar-refractivity contribution in [1.82, 2.24) is 9.97 Å². The van der Waals surface area contributed by atoms with Crippen LogP contribution in [0.1, 0.15) is 10.4 Å². The predicted octanol–water partition coefficient (Wildman–Crippen LogP) is 5.75. The molecule has 0 aliphatic carbocycles. The summed E-state index contributed by atoms with van der Waals surface area (Å²) < 4.78 is 5.08. The molecule has 3 aromatic carbocycles. The van der Waals surface area contributed by atoms with E-state index in [0.29, 0.717) is 5.56 Å². The van der Waals surface area contributed by atoms with Gasteiger partial charge >= 0.3 is 5.97 Å². The summed E-state index contributed by atoms with van der Waals surface area (Å²) in [6.07, 6.45) is 1.55. The Bertz CT molecular complexity index is 1060. The Balaban J connectivity index is 1.72. The second kappa shape index (κ2) is 8.40. The maximum absolute atomic E-state index is 12.0. The van der Waals surface area contributed by atoms with Gasteiger partial charge in [0.1, 0.15) is 12.4 Å². The fourth-order valence-electron chi connectivity index (χ4n) is 3.11. The van der Waals surface area contributed by atoms with E-state index in [1.807, 2.05) is 60.7 Å². The Morgan fingerprint density at radius 1 is 0.862 bits per heavy atom. The largest absolute Gasteiger partial charge is 0.458 e. The number of benzene rings is 3. The molecule has 4 nitrogen and oxygen atoms in total. The Kier molecular flexibility index (Phi) is 5.34. The highest BCUT2D eigenvalue weighted by Gasteiger charge is 2.15. The van der Waals surface area contributed by atoms with Crippen LogP contribution in [-0.2, 0) is 4.74 Å². The third kappa shape index (κ3) is 4.01. The van der Waals surface area contributed by atoms with Gasteiger partial charge in [0.2, 0.25) is 0 Å². The number of aromatic amines is 1. The molecule has 1 aromatic heterocycles. The molecule has 0 fully saturated rings. The number of imidazole rings is 1. The van der Waals surface area contributed by atoms with Gasteiger partial charge in [0.15, 0.2) is 0 Å². The molecular weight excluding hydrogens is 360 g/mol. The van der Waals surface area contributed by atoms with Gasteiger partial charge < -0.3 is 9.72 Å². The zero-order valence-corrected chi connectivity index (χ0v) is 15.8. The molecule has 0 atom stereocenters. The Morgan fingerprint density at radius 2 is 1.48 bits per heavy atom. The van der Waals surface area contributed by atoms with E-state index in [9.17, 15) is 4.79 Å². The monoisotopic (exact) mass is 380 g/mol. The van der Waals surface area contributed by atoms with Gasteiger partial charge in [-0.15, -0.1) is 0 Å². The number of H-pyrrole nitrogens is 1. The number of esters is 1. The lowest BCUT2D eigenvalue weighted by atomic mass is 10.1. The van der Waals surface area contributed by atoms with E-state index in [-0.39, 0.29) is 12.6 Å². The van der Waals surface area contributed by atoms with E-state index in [2.05, 4.69) is 23.7 Å². The van der Waals surface area contributed by atoms with Crippen LogP contribution in [0.15, 0.2) is 97.6 Å². The van der Waals surface area contributed by atoms with Crippen molar-refractivity contribution >= 4 is 5.97 Å². The first-order chi connectivity index (χ1) is 14.3. The molecule has 0 aliphatic rings. The van der Waals surface area contributed by atoms with Crippen molar-refractivity contribution in [3.8, 4) is 33.9 Å². The van der Waals surface area contributed by atoms with Crippen LogP contribution >= 0.6 is 0 Å². The van der Waals surface area contributed by atoms with Gasteiger partial charge in [-0.05, 0) is 12.1 Å². The van der Waals surface area contributed by atoms with Crippen molar-refractivity contribution in [2.45, 2.75) is 0 Å². The Hall–Kier alpha value is -3.92. The smallest absolute Gasteiger partial charge is 0.338 e. The fourth-order valence-corrected chi connectivity index (χ4v) is 3.11. The third-order valence-corrected chi connectivity index (χ3v) is 4.54. The topological polar surface area (TPSA) is 55.0 Å². The van der Waals surface area contributed by atoms with Crippen LogP contribution in [0, 0.1) is 0 Å². The summed E-state index contributed by atoms with van der Waals surface area (Å²) in [5.41, 5.74) is 5.34. The number of nitrogens with zero attached hydrogens (tertiary/aromatic N) is 1. The molecule has 0 radical (unpaired) electrons. The molecule has 0 aliphatic heterocycles. The van der Waals surface area contributed by atoms with Crippen LogP contribution in [0.2, 0.25) is 0 Å². The summed E-state index contributed by atoms with van der Waals surface area (Å²) in [4.78, 5) is 20.3. The SMILES string of the molecule is C=CCOC(=O)c1ccc(-c2nc(-c3ccccc3)c(-c3ccccc3)[nH]2)cc1. The number of ether oxygens (including phenoxy) is 1. The van der Waals surface area contributed by atoms with Crippen molar-refractivity contribution in [2.75, 3.05) is 6.61 Å². The van der Waals surface area contributed by atoms with E-state index >= 15 is 0 Å². The summed E-state index contributed by atoms with van der Waals surface area (Å²) in [7, 11) is 0. The standard InChI is InChI=1S/C25H20N2O2/c1-2-17-29-25(28)21-15-13-20(14-16-21)24-26-22(18-9-5-3-6-10-18)23(27-24)19-11-7-4-8-12-19/h2-16H,1,17H2,(H,26,27). The van der Waals surface area contributed by atoms with Gasteiger partial charge in [-0.25, -0.2) is 9.78 Å². The molecule has 4 heteroatoms. The first-order valence-corrected chi connectivity index (χ1v) is 9.35. The van der Waals surface area contributed by atoms with Crippen LogP contribution in [0.3, 0.4) is 0 Å². The van der Waals surface area contributed by atoms with Crippen LogP contribution in [0.5, 0.6) is 0 Å². The lowest BCUT2D eigenvalue weighted by Crippen LogP contribution is -2.04.